The van der Waals surface area contributed by atoms with E-state index in [1.54, 1.807) is 37.3 Å². The van der Waals surface area contributed by atoms with Gasteiger partial charge in [0.15, 0.2) is 23.2 Å². The highest BCUT2D eigenvalue weighted by Crippen LogP contribution is 2.54. The monoisotopic (exact) mass is 702 g/mol. The molecule has 0 fully saturated rings. The highest BCUT2D eigenvalue weighted by Gasteiger charge is 2.42. The molecule has 2 heterocycles. The fraction of sp³-hybridized carbons (Fsp3) is 0.289. The second kappa shape index (κ2) is 13.6. The maximum Gasteiger partial charge on any atom is 0.197 e. The quantitative estimate of drug-likeness (QED) is 0.0956. The molecule has 53 heavy (non-hydrogen) atoms. The van der Waals surface area contributed by atoms with Gasteiger partial charge in [-0.2, -0.15) is 0 Å². The number of hydrogen-bond acceptors (Lipinski definition) is 6. The number of hydrogen-bond donors (Lipinski definition) is 0. The van der Waals surface area contributed by atoms with Crippen LogP contribution in [0.4, 0.5) is 27.4 Å². The second-order valence-electron chi connectivity index (χ2n) is 15.4. The van der Waals surface area contributed by atoms with Crippen LogP contribution in [0.5, 0.6) is 0 Å². The molecule has 0 unspecified atom stereocenters. The van der Waals surface area contributed by atoms with E-state index in [4.69, 9.17) is 17.8 Å². The van der Waals surface area contributed by atoms with Gasteiger partial charge in [0.1, 0.15) is 19.5 Å². The van der Waals surface area contributed by atoms with Gasteiger partial charge < -0.3 is 0 Å². The van der Waals surface area contributed by atoms with E-state index in [0.29, 0.717) is 50.6 Å². The average molecular weight is 703 g/mol. The zero-order valence-electron chi connectivity index (χ0n) is 31.9. The molecule has 0 spiro atoms. The van der Waals surface area contributed by atoms with Gasteiger partial charge in [-0.05, 0) is 76.6 Å². The third-order valence-corrected chi connectivity index (χ3v) is 10.3. The Hall–Kier alpha value is -5.37. The van der Waals surface area contributed by atoms with Crippen LogP contribution in [0.1, 0.15) is 128 Å². The molecule has 0 atom stereocenters. The topological polar surface area (TPSA) is 66.4 Å². The molecular weight excluding hydrogens is 658 g/mol. The number of aromatic nitrogens is 2. The summed E-state index contributed by atoms with van der Waals surface area (Å²) in [6.07, 6.45) is 3.48. The Morgan fingerprint density at radius 3 is 1.55 bits per heavy atom. The van der Waals surface area contributed by atoms with Crippen molar-refractivity contribution >= 4 is 58.9 Å². The molecule has 2 radical (unpaired) electrons. The summed E-state index contributed by atoms with van der Waals surface area (Å²) in [5, 5.41) is 0. The van der Waals surface area contributed by atoms with E-state index in [2.05, 4.69) is 102 Å². The Labute approximate surface area is 312 Å². The predicted molar refractivity (Wildman–Crippen MR) is 214 cm³/mol. The maximum atomic E-state index is 15.2. The number of rotatable bonds is 7. The Bertz CT molecular complexity index is 2240. The lowest BCUT2D eigenvalue weighted by Crippen LogP contribution is -2.26. The third kappa shape index (κ3) is 5.98. The average Bonchev–Trinajstić information content (AvgIpc) is 3.54. The zero-order chi connectivity index (χ0) is 38.0. The lowest BCUT2D eigenvalue weighted by Gasteiger charge is -2.32. The number of aryl methyl sites for hydroxylation is 1. The number of fused-ring (bicyclic) bond motifs is 3. The van der Waals surface area contributed by atoms with Crippen LogP contribution in [-0.4, -0.2) is 29.4 Å². The Morgan fingerprint density at radius 1 is 0.623 bits per heavy atom. The van der Waals surface area contributed by atoms with Gasteiger partial charge >= 0.3 is 0 Å². The molecule has 1 aliphatic carbocycles. The van der Waals surface area contributed by atoms with Crippen molar-refractivity contribution in [2.24, 2.45) is 0 Å². The summed E-state index contributed by atoms with van der Waals surface area (Å²) in [5.74, 6) is 1.22. The Kier molecular flexibility index (Phi) is 9.21. The fourth-order valence-electron chi connectivity index (χ4n) is 7.56. The van der Waals surface area contributed by atoms with E-state index in [9.17, 15) is 9.59 Å². The first-order chi connectivity index (χ1) is 25.2. The van der Waals surface area contributed by atoms with Crippen molar-refractivity contribution in [2.75, 3.05) is 9.80 Å². The van der Waals surface area contributed by atoms with Gasteiger partial charge in [-0.1, -0.05) is 115 Å². The van der Waals surface area contributed by atoms with Crippen molar-refractivity contribution in [2.45, 2.75) is 86.0 Å². The number of allylic oxidation sites excluding steroid dienone is 3. The molecule has 7 rings (SSSR count). The first kappa shape index (κ1) is 36.0. The normalized spacial score (nSPS) is 15.8. The summed E-state index contributed by atoms with van der Waals surface area (Å²) in [7, 11) is 6.04. The van der Waals surface area contributed by atoms with Gasteiger partial charge in [-0.25, -0.2) is 14.4 Å². The standard InChI is InChI=1S/C45H44BFN4O2/c1-23(2)29-12-10-13-30(24(3)4)40(29)50-39(19-18-34-42(52)33-17-16-28(46)21-35(33)43(34)53)51(41-31(25(5)6)14-11-15-32(41)26(7)8)45-44(50)48-37-20-27(9)36(47)22-38(37)49-45/h10-26H,1-9H3/b34-18+,39-19-. The van der Waals surface area contributed by atoms with E-state index in [1.165, 1.54) is 6.07 Å². The second-order valence-corrected chi connectivity index (χ2v) is 15.4. The van der Waals surface area contributed by atoms with E-state index in [0.717, 1.165) is 33.6 Å². The van der Waals surface area contributed by atoms with E-state index >= 15 is 4.39 Å². The lowest BCUT2D eigenvalue weighted by atomic mass is 9.91. The summed E-state index contributed by atoms with van der Waals surface area (Å²) in [6.45, 7) is 19.1. The van der Waals surface area contributed by atoms with Crippen LogP contribution in [0, 0.1) is 12.7 Å². The number of anilines is 4. The predicted octanol–water partition coefficient (Wildman–Crippen LogP) is 10.5. The minimum atomic E-state index is -0.369. The summed E-state index contributed by atoms with van der Waals surface area (Å²) in [4.78, 5) is 42.4. The zero-order valence-corrected chi connectivity index (χ0v) is 31.9. The minimum Gasteiger partial charge on any atom is -0.288 e. The summed E-state index contributed by atoms with van der Waals surface area (Å²) >= 11 is 0. The number of benzene rings is 4. The van der Waals surface area contributed by atoms with Crippen molar-refractivity contribution in [3.63, 3.8) is 0 Å². The van der Waals surface area contributed by atoms with E-state index in [-0.39, 0.29) is 46.6 Å². The van der Waals surface area contributed by atoms with Gasteiger partial charge in [0.2, 0.25) is 0 Å². The number of Topliss-reactive ketones (excluding diaryl/α,β-unsaturated/α-hetero) is 2. The smallest absolute Gasteiger partial charge is 0.197 e. The number of carbonyl (C=O) groups is 2. The molecule has 0 saturated carbocycles. The van der Waals surface area contributed by atoms with Gasteiger partial charge in [-0.3, -0.25) is 19.4 Å². The van der Waals surface area contributed by atoms with Gasteiger partial charge in [0.05, 0.1) is 28.0 Å². The SMILES string of the molecule is [B]c1ccc2c(c1)C(=O)/C(=C/C=C1/N(c3c(C(C)C)cccc3C(C)C)c3nc4cc(C)c(F)cc4nc3N1c1c(C(C)C)cccc1C(C)C)C2=O. The van der Waals surface area contributed by atoms with Crippen molar-refractivity contribution in [3.8, 4) is 0 Å². The molecular formula is C45H44BFN4O2. The fourth-order valence-corrected chi connectivity index (χ4v) is 7.56. The molecule has 0 bridgehead atoms. The van der Waals surface area contributed by atoms with Crippen LogP contribution in [0.25, 0.3) is 11.0 Å². The summed E-state index contributed by atoms with van der Waals surface area (Å²) < 4.78 is 15.2. The van der Waals surface area contributed by atoms with Crippen molar-refractivity contribution in [3.05, 3.63) is 135 Å². The number of halogens is 1. The first-order valence-corrected chi connectivity index (χ1v) is 18.4. The molecule has 0 amide bonds. The lowest BCUT2D eigenvalue weighted by molar-refractivity contribution is 0.0988. The molecule has 266 valence electrons. The number of ketones is 2. The van der Waals surface area contributed by atoms with Crippen LogP contribution in [0.3, 0.4) is 0 Å². The Morgan fingerprint density at radius 2 is 1.08 bits per heavy atom. The molecule has 4 aromatic carbocycles. The molecule has 0 saturated heterocycles. The van der Waals surface area contributed by atoms with Gasteiger partial charge in [0, 0.05) is 17.2 Å². The number of carbonyl (C=O) groups excluding carboxylic acids is 2. The number of nitrogens with zero attached hydrogens (tertiary/aromatic N) is 4. The van der Waals surface area contributed by atoms with Crippen LogP contribution in [0.2, 0.25) is 0 Å². The molecule has 2 aliphatic rings. The summed E-state index contributed by atoms with van der Waals surface area (Å²) in [5.41, 5.74) is 8.90. The molecule has 1 aliphatic heterocycles. The highest BCUT2D eigenvalue weighted by molar-refractivity contribution is 6.41. The van der Waals surface area contributed by atoms with Gasteiger partial charge in [-0.15, -0.1) is 0 Å². The summed E-state index contributed by atoms with van der Waals surface area (Å²) in [6, 6.07) is 20.7. The first-order valence-electron chi connectivity index (χ1n) is 18.4. The maximum absolute atomic E-state index is 15.2. The minimum absolute atomic E-state index is 0.0557. The molecule has 1 aromatic heterocycles. The highest BCUT2D eigenvalue weighted by atomic mass is 19.1. The molecule has 5 aromatic rings. The Balaban J connectivity index is 1.63. The van der Waals surface area contributed by atoms with Crippen LogP contribution >= 0.6 is 0 Å². The molecule has 0 N–H and O–H groups in total. The molecule has 8 heteroatoms. The molecule has 6 nitrogen and oxygen atoms in total. The largest absolute Gasteiger partial charge is 0.288 e. The third-order valence-electron chi connectivity index (χ3n) is 10.3. The van der Waals surface area contributed by atoms with E-state index in [1.807, 2.05) is 6.08 Å². The van der Waals surface area contributed by atoms with Crippen molar-refractivity contribution in [1.82, 2.24) is 9.97 Å². The van der Waals surface area contributed by atoms with E-state index < -0.39 is 0 Å². The van der Waals surface area contributed by atoms with Gasteiger partial charge in [0.25, 0.3) is 0 Å². The van der Waals surface area contributed by atoms with Crippen LogP contribution < -0.4 is 15.3 Å². The van der Waals surface area contributed by atoms with Crippen molar-refractivity contribution < 1.29 is 14.0 Å². The number of para-hydroxylation sites is 2. The van der Waals surface area contributed by atoms with Crippen LogP contribution in [-0.2, 0) is 0 Å². The van der Waals surface area contributed by atoms with Crippen molar-refractivity contribution in [1.29, 1.82) is 0 Å². The van der Waals surface area contributed by atoms with Crippen LogP contribution in [0.15, 0.2) is 90.3 Å².